The van der Waals surface area contributed by atoms with Gasteiger partial charge in [0.1, 0.15) is 5.82 Å². The summed E-state index contributed by atoms with van der Waals surface area (Å²) >= 11 is 0. The molecule has 2 aromatic carbocycles. The Bertz CT molecular complexity index is 1270. The fourth-order valence-corrected chi connectivity index (χ4v) is 5.42. The third kappa shape index (κ3) is 5.18. The van der Waals surface area contributed by atoms with Crippen LogP contribution in [0.3, 0.4) is 0 Å². The molecule has 0 aliphatic heterocycles. The number of nitrogens with one attached hydrogen (secondary N) is 1. The smallest absolute Gasteiger partial charge is 0.243 e. The number of amides is 1. The fourth-order valence-electron chi connectivity index (χ4n) is 3.94. The number of hydrogen-bond donors (Lipinski definition) is 1. The number of imidazole rings is 1. The molecule has 0 saturated carbocycles. The maximum absolute atomic E-state index is 12.9. The molecule has 0 saturated heterocycles. The van der Waals surface area contributed by atoms with Crippen molar-refractivity contribution in [3.63, 3.8) is 0 Å². The molecule has 1 N–H and O–H groups in total. The third-order valence-corrected chi connectivity index (χ3v) is 7.75. The van der Waals surface area contributed by atoms with Gasteiger partial charge in [0.2, 0.25) is 15.9 Å². The topological polar surface area (TPSA) is 103 Å². The minimum absolute atomic E-state index is 0.160. The van der Waals surface area contributed by atoms with E-state index in [4.69, 9.17) is 9.47 Å². The van der Waals surface area contributed by atoms with Gasteiger partial charge < -0.3 is 19.4 Å². The quantitative estimate of drug-likeness (QED) is 0.442. The first-order valence-corrected chi connectivity index (χ1v) is 12.7. The van der Waals surface area contributed by atoms with E-state index < -0.39 is 10.0 Å². The van der Waals surface area contributed by atoms with E-state index in [2.05, 4.69) is 10.3 Å². The predicted octanol–water partition coefficient (Wildman–Crippen LogP) is 3.68. The molecule has 9 nitrogen and oxygen atoms in total. The second-order valence-electron chi connectivity index (χ2n) is 7.63. The molecule has 0 aliphatic carbocycles. The van der Waals surface area contributed by atoms with E-state index in [1.54, 1.807) is 43.5 Å². The standard InChI is InChI=1S/C24H32N4O5S/c1-6-27(7-2)34(30,31)18-10-11-20-19(16-18)26-23(28(20)8-3)13-14-24(29)25-17-9-12-21(32-4)22(15-17)33-5/h9-12,15-16H,6-8,13-14H2,1-5H3,(H,25,29). The Balaban J connectivity index is 1.79. The highest BCUT2D eigenvalue weighted by Gasteiger charge is 2.23. The van der Waals surface area contributed by atoms with Gasteiger partial charge in [-0.05, 0) is 37.3 Å². The van der Waals surface area contributed by atoms with Crippen molar-refractivity contribution >= 4 is 32.7 Å². The SMILES string of the molecule is CCN(CC)S(=O)(=O)c1ccc2c(c1)nc(CCC(=O)Nc1ccc(OC)c(OC)c1)n2CC. The average Bonchev–Trinajstić information content (AvgIpc) is 3.20. The molecule has 0 fully saturated rings. The number of carbonyl (C=O) groups excluding carboxylic acids is 1. The molecule has 0 bridgehead atoms. The lowest BCUT2D eigenvalue weighted by molar-refractivity contribution is -0.116. The number of nitrogens with zero attached hydrogens (tertiary/aromatic N) is 3. The lowest BCUT2D eigenvalue weighted by atomic mass is 10.2. The number of sulfonamides is 1. The van der Waals surface area contributed by atoms with Crippen molar-refractivity contribution in [1.29, 1.82) is 0 Å². The van der Waals surface area contributed by atoms with E-state index in [-0.39, 0.29) is 17.2 Å². The first-order valence-electron chi connectivity index (χ1n) is 11.3. The number of carbonyl (C=O) groups is 1. The molecule has 184 valence electrons. The van der Waals surface area contributed by atoms with Crippen molar-refractivity contribution in [3.8, 4) is 11.5 Å². The number of fused-ring (bicyclic) bond motifs is 1. The number of methoxy groups -OCH3 is 2. The van der Waals surface area contributed by atoms with Crippen molar-refractivity contribution in [1.82, 2.24) is 13.9 Å². The van der Waals surface area contributed by atoms with Gasteiger partial charge >= 0.3 is 0 Å². The van der Waals surface area contributed by atoms with Gasteiger partial charge in [0.25, 0.3) is 0 Å². The van der Waals surface area contributed by atoms with Crippen LogP contribution in [0.15, 0.2) is 41.3 Å². The molecule has 10 heteroatoms. The lowest BCUT2D eigenvalue weighted by Gasteiger charge is -2.18. The Morgan fingerprint density at radius 3 is 2.35 bits per heavy atom. The molecule has 0 spiro atoms. The van der Waals surface area contributed by atoms with Gasteiger partial charge in [-0.25, -0.2) is 13.4 Å². The normalized spacial score (nSPS) is 11.7. The van der Waals surface area contributed by atoms with Crippen molar-refractivity contribution in [2.75, 3.05) is 32.6 Å². The van der Waals surface area contributed by atoms with Gasteiger partial charge in [-0.3, -0.25) is 4.79 Å². The highest BCUT2D eigenvalue weighted by Crippen LogP contribution is 2.30. The van der Waals surface area contributed by atoms with Crippen molar-refractivity contribution in [2.45, 2.75) is 45.1 Å². The first-order chi connectivity index (χ1) is 16.3. The van der Waals surface area contributed by atoms with Crippen LogP contribution >= 0.6 is 0 Å². The summed E-state index contributed by atoms with van der Waals surface area (Å²) in [5.74, 6) is 1.69. The molecular weight excluding hydrogens is 456 g/mol. The molecule has 3 aromatic rings. The van der Waals surface area contributed by atoms with Crippen LogP contribution < -0.4 is 14.8 Å². The molecule has 34 heavy (non-hydrogen) atoms. The van der Waals surface area contributed by atoms with Gasteiger partial charge in [0, 0.05) is 44.2 Å². The summed E-state index contributed by atoms with van der Waals surface area (Å²) in [6.07, 6.45) is 0.641. The molecule has 0 radical (unpaired) electrons. The Morgan fingerprint density at radius 2 is 1.74 bits per heavy atom. The van der Waals surface area contributed by atoms with Crippen molar-refractivity contribution < 1.29 is 22.7 Å². The second kappa shape index (κ2) is 10.9. The number of anilines is 1. The minimum Gasteiger partial charge on any atom is -0.493 e. The average molecular weight is 489 g/mol. The summed E-state index contributed by atoms with van der Waals surface area (Å²) in [7, 11) is -0.481. The van der Waals surface area contributed by atoms with Gasteiger partial charge in [0.15, 0.2) is 11.5 Å². The van der Waals surface area contributed by atoms with Crippen LogP contribution in [0.1, 0.15) is 33.0 Å². The second-order valence-corrected chi connectivity index (χ2v) is 9.57. The Kier molecular flexibility index (Phi) is 8.16. The van der Waals surface area contributed by atoms with E-state index in [1.165, 1.54) is 11.4 Å². The zero-order valence-corrected chi connectivity index (χ0v) is 21.1. The monoisotopic (exact) mass is 488 g/mol. The van der Waals surface area contributed by atoms with E-state index in [0.717, 1.165) is 11.3 Å². The van der Waals surface area contributed by atoms with Crippen LogP contribution in [0.2, 0.25) is 0 Å². The largest absolute Gasteiger partial charge is 0.493 e. The van der Waals surface area contributed by atoms with Crippen LogP contribution in [0, 0.1) is 0 Å². The summed E-state index contributed by atoms with van der Waals surface area (Å²) in [6.45, 7) is 7.09. The first kappa shape index (κ1) is 25.5. The van der Waals surface area contributed by atoms with E-state index in [9.17, 15) is 13.2 Å². The van der Waals surface area contributed by atoms with Gasteiger partial charge in [0.05, 0.1) is 30.1 Å². The molecule has 0 unspecified atom stereocenters. The molecule has 1 heterocycles. The molecule has 0 atom stereocenters. The van der Waals surface area contributed by atoms with E-state index >= 15 is 0 Å². The zero-order valence-electron chi connectivity index (χ0n) is 20.3. The predicted molar refractivity (Wildman–Crippen MR) is 132 cm³/mol. The molecule has 1 amide bonds. The van der Waals surface area contributed by atoms with Crippen molar-refractivity contribution in [2.24, 2.45) is 0 Å². The number of benzene rings is 2. The van der Waals surface area contributed by atoms with Crippen LogP contribution in [-0.2, 0) is 27.8 Å². The maximum Gasteiger partial charge on any atom is 0.243 e. The molecule has 0 aliphatic rings. The van der Waals surface area contributed by atoms with Gasteiger partial charge in [-0.1, -0.05) is 13.8 Å². The van der Waals surface area contributed by atoms with E-state index in [1.807, 2.05) is 25.3 Å². The highest BCUT2D eigenvalue weighted by atomic mass is 32.2. The summed E-state index contributed by atoms with van der Waals surface area (Å²) in [5.41, 5.74) is 2.06. The Hall–Kier alpha value is -3.11. The van der Waals surface area contributed by atoms with Crippen LogP contribution in [-0.4, -0.2) is 55.5 Å². The zero-order chi connectivity index (χ0) is 24.9. The maximum atomic E-state index is 12.9. The lowest BCUT2D eigenvalue weighted by Crippen LogP contribution is -2.30. The third-order valence-electron chi connectivity index (χ3n) is 5.70. The van der Waals surface area contributed by atoms with Gasteiger partial charge in [-0.2, -0.15) is 4.31 Å². The number of ether oxygens (including phenoxy) is 2. The van der Waals surface area contributed by atoms with Crippen LogP contribution in [0.5, 0.6) is 11.5 Å². The van der Waals surface area contributed by atoms with Crippen LogP contribution in [0.4, 0.5) is 5.69 Å². The summed E-state index contributed by atoms with van der Waals surface area (Å²) < 4.78 is 39.7. The van der Waals surface area contributed by atoms with E-state index in [0.29, 0.717) is 48.8 Å². The molecule has 3 rings (SSSR count). The van der Waals surface area contributed by atoms with Gasteiger partial charge in [-0.15, -0.1) is 0 Å². The molecular formula is C24H32N4O5S. The minimum atomic E-state index is -3.57. The number of aryl methyl sites for hydroxylation is 2. The number of hydrogen-bond acceptors (Lipinski definition) is 6. The van der Waals surface area contributed by atoms with Crippen LogP contribution in [0.25, 0.3) is 11.0 Å². The molecule has 1 aromatic heterocycles. The number of aromatic nitrogens is 2. The fraction of sp³-hybridized carbons (Fsp3) is 0.417. The summed E-state index contributed by atoms with van der Waals surface area (Å²) in [6, 6.07) is 10.2. The Morgan fingerprint density at radius 1 is 1.03 bits per heavy atom. The summed E-state index contributed by atoms with van der Waals surface area (Å²) in [5, 5.41) is 2.87. The number of rotatable bonds is 11. The Labute approximate surface area is 200 Å². The van der Waals surface area contributed by atoms with Crippen molar-refractivity contribution in [3.05, 3.63) is 42.2 Å². The summed E-state index contributed by atoms with van der Waals surface area (Å²) in [4.78, 5) is 17.5. The highest BCUT2D eigenvalue weighted by molar-refractivity contribution is 7.89.